The van der Waals surface area contributed by atoms with E-state index >= 15 is 0 Å². The molecule has 0 amide bonds. The highest BCUT2D eigenvalue weighted by atomic mass is 31.2. The molecule has 2 aromatic heterocycles. The molecule has 12 nitrogen and oxygen atoms in total. The van der Waals surface area contributed by atoms with Gasteiger partial charge in [-0.2, -0.15) is 5.09 Å². The van der Waals surface area contributed by atoms with Crippen LogP contribution in [0.2, 0.25) is 0 Å². The van der Waals surface area contributed by atoms with Crippen LogP contribution in [0.15, 0.2) is 43.0 Å². The van der Waals surface area contributed by atoms with Gasteiger partial charge in [-0.05, 0) is 25.5 Å². The molecule has 13 heteroatoms. The number of rotatable bonds is 9. The van der Waals surface area contributed by atoms with Gasteiger partial charge in [-0.25, -0.2) is 19.5 Å². The number of nitrogens with zero attached hydrogens (tertiary/aromatic N) is 4. The summed E-state index contributed by atoms with van der Waals surface area (Å²) in [6, 6.07) is 7.58. The first-order chi connectivity index (χ1) is 15.9. The number of nitrogens with one attached hydrogen (secondary N) is 1. The Morgan fingerprint density at radius 2 is 2.12 bits per heavy atom. The van der Waals surface area contributed by atoms with Crippen molar-refractivity contribution >= 4 is 30.7 Å². The summed E-state index contributed by atoms with van der Waals surface area (Å²) in [5, 5.41) is 2.62. The molecule has 1 aromatic carbocycles. The number of carbonyl (C=O) groups is 1. The zero-order chi connectivity index (χ0) is 23.4. The number of esters is 1. The van der Waals surface area contributed by atoms with Crippen molar-refractivity contribution in [3.8, 4) is 5.75 Å². The molecule has 1 aliphatic heterocycles. The van der Waals surface area contributed by atoms with Gasteiger partial charge in [-0.3, -0.25) is 9.32 Å². The summed E-state index contributed by atoms with van der Waals surface area (Å²) in [5.74, 6) is 0.0426. The van der Waals surface area contributed by atoms with Crippen LogP contribution < -0.4 is 15.3 Å². The number of fused-ring (bicyclic) bond motifs is 1. The fraction of sp³-hybridized carbons (Fsp3) is 0.400. The minimum Gasteiger partial charge on any atom is -0.468 e. The zero-order valence-electron chi connectivity index (χ0n) is 18.2. The number of hydrogen-bond donors (Lipinski definition) is 2. The average Bonchev–Trinajstić information content (AvgIpc) is 3.45. The van der Waals surface area contributed by atoms with Gasteiger partial charge >= 0.3 is 13.7 Å². The summed E-state index contributed by atoms with van der Waals surface area (Å²) < 4.78 is 37.1. The van der Waals surface area contributed by atoms with Gasteiger partial charge in [0.05, 0.1) is 38.8 Å². The molecule has 0 aliphatic carbocycles. The summed E-state index contributed by atoms with van der Waals surface area (Å²) in [4.78, 5) is 24.3. The summed E-state index contributed by atoms with van der Waals surface area (Å²) in [6.45, 7) is 1.88. The number of anilines is 1. The van der Waals surface area contributed by atoms with Gasteiger partial charge in [0.15, 0.2) is 11.5 Å². The van der Waals surface area contributed by atoms with E-state index in [1.807, 2.05) is 4.57 Å². The van der Waals surface area contributed by atoms with Gasteiger partial charge < -0.3 is 24.3 Å². The third-order valence-corrected chi connectivity index (χ3v) is 6.79. The van der Waals surface area contributed by atoms with Crippen LogP contribution in [0.3, 0.4) is 0 Å². The standard InChI is InChI=1S/C20H25N6O6P/c1-13(20(27)29-2)25-33(28,32-15-6-4-3-5-7-15)31-10-16-8-14(9-30-16)26-12-24-17-18(21)22-11-23-19(17)26/h3-7,11-14,16H,8-10H2,1-2H3,(H,25,28)(H2,21,22,23)/t13?,14-,16-,33?/m1/s1. The maximum atomic E-state index is 13.4. The van der Waals surface area contributed by atoms with Crippen molar-refractivity contribution in [1.29, 1.82) is 0 Å². The van der Waals surface area contributed by atoms with E-state index in [4.69, 9.17) is 24.3 Å². The van der Waals surface area contributed by atoms with Crippen LogP contribution in [-0.4, -0.2) is 58.0 Å². The average molecular weight is 476 g/mol. The van der Waals surface area contributed by atoms with Crippen molar-refractivity contribution in [2.45, 2.75) is 31.5 Å². The van der Waals surface area contributed by atoms with Crippen LogP contribution in [0.1, 0.15) is 19.4 Å². The van der Waals surface area contributed by atoms with E-state index in [0.717, 1.165) is 0 Å². The normalized spacial score (nSPS) is 20.9. The largest absolute Gasteiger partial charge is 0.468 e. The van der Waals surface area contributed by atoms with Crippen LogP contribution in [0.4, 0.5) is 5.82 Å². The lowest BCUT2D eigenvalue weighted by molar-refractivity contribution is -0.142. The summed E-state index contributed by atoms with van der Waals surface area (Å²) in [7, 11) is -2.68. The molecular formula is C20H25N6O6P. The Morgan fingerprint density at radius 3 is 2.88 bits per heavy atom. The van der Waals surface area contributed by atoms with Gasteiger partial charge in [-0.1, -0.05) is 18.2 Å². The second kappa shape index (κ2) is 9.84. The maximum Gasteiger partial charge on any atom is 0.459 e. The van der Waals surface area contributed by atoms with Gasteiger partial charge in [0.1, 0.15) is 23.6 Å². The fourth-order valence-corrected chi connectivity index (χ4v) is 5.01. The fourth-order valence-electron chi connectivity index (χ4n) is 3.49. The zero-order valence-corrected chi connectivity index (χ0v) is 19.1. The SMILES string of the molecule is COC(=O)C(C)NP(=O)(OC[C@H]1C[C@@H](n2cnc3c(N)ncnc32)CO1)Oc1ccccc1. The van der Waals surface area contributed by atoms with E-state index in [9.17, 15) is 9.36 Å². The Kier molecular flexibility index (Phi) is 6.89. The van der Waals surface area contributed by atoms with Crippen molar-refractivity contribution in [2.24, 2.45) is 0 Å². The first-order valence-corrected chi connectivity index (χ1v) is 11.8. The predicted molar refractivity (Wildman–Crippen MR) is 118 cm³/mol. The van der Waals surface area contributed by atoms with Gasteiger partial charge in [0, 0.05) is 0 Å². The Bertz CT molecular complexity index is 1160. The van der Waals surface area contributed by atoms with E-state index in [0.29, 0.717) is 35.8 Å². The first-order valence-electron chi connectivity index (χ1n) is 10.3. The molecule has 4 atom stereocenters. The van der Waals surface area contributed by atoms with Crippen molar-refractivity contribution in [1.82, 2.24) is 24.6 Å². The highest BCUT2D eigenvalue weighted by Gasteiger charge is 2.35. The topological polar surface area (TPSA) is 153 Å². The summed E-state index contributed by atoms with van der Waals surface area (Å²) >= 11 is 0. The van der Waals surface area contributed by atoms with Crippen LogP contribution in [0, 0.1) is 0 Å². The van der Waals surface area contributed by atoms with E-state index in [1.165, 1.54) is 20.4 Å². The van der Waals surface area contributed by atoms with Crippen LogP contribution in [-0.2, 0) is 23.4 Å². The third-order valence-electron chi connectivity index (χ3n) is 5.15. The minimum absolute atomic E-state index is 0.0226. The predicted octanol–water partition coefficient (Wildman–Crippen LogP) is 2.09. The summed E-state index contributed by atoms with van der Waals surface area (Å²) in [5.41, 5.74) is 7.00. The molecule has 0 bridgehead atoms. The lowest BCUT2D eigenvalue weighted by Gasteiger charge is -2.23. The molecule has 0 saturated carbocycles. The number of ether oxygens (including phenoxy) is 2. The van der Waals surface area contributed by atoms with E-state index in [-0.39, 0.29) is 18.8 Å². The molecule has 2 unspecified atom stereocenters. The van der Waals surface area contributed by atoms with Crippen molar-refractivity contribution < 1.29 is 27.9 Å². The van der Waals surface area contributed by atoms with Crippen molar-refractivity contribution in [3.63, 3.8) is 0 Å². The van der Waals surface area contributed by atoms with Crippen LogP contribution in [0.25, 0.3) is 11.2 Å². The Hall–Kier alpha value is -3.05. The number of hydrogen-bond acceptors (Lipinski definition) is 10. The lowest BCUT2D eigenvalue weighted by Crippen LogP contribution is -2.35. The third kappa shape index (κ3) is 5.31. The Labute approximate surface area is 190 Å². The lowest BCUT2D eigenvalue weighted by atomic mass is 10.2. The molecule has 3 N–H and O–H groups in total. The Morgan fingerprint density at radius 1 is 1.33 bits per heavy atom. The van der Waals surface area contributed by atoms with Crippen LogP contribution >= 0.6 is 7.75 Å². The molecule has 176 valence electrons. The van der Waals surface area contributed by atoms with E-state index in [1.54, 1.807) is 36.7 Å². The smallest absolute Gasteiger partial charge is 0.459 e. The van der Waals surface area contributed by atoms with Gasteiger partial charge in [0.2, 0.25) is 0 Å². The minimum atomic E-state index is -3.93. The first kappa shape index (κ1) is 23.1. The number of carbonyl (C=O) groups excluding carboxylic acids is 1. The number of nitrogen functional groups attached to an aromatic ring is 1. The number of methoxy groups -OCH3 is 1. The Balaban J connectivity index is 1.43. The van der Waals surface area contributed by atoms with Crippen LogP contribution in [0.5, 0.6) is 5.75 Å². The van der Waals surface area contributed by atoms with Crippen molar-refractivity contribution in [3.05, 3.63) is 43.0 Å². The molecule has 1 aliphatic rings. The second-order valence-corrected chi connectivity index (χ2v) is 9.19. The number of nitrogens with two attached hydrogens (primary N) is 1. The number of benzene rings is 1. The number of imidazole rings is 1. The monoisotopic (exact) mass is 476 g/mol. The van der Waals surface area contributed by atoms with E-state index in [2.05, 4.69) is 20.0 Å². The molecule has 3 heterocycles. The van der Waals surface area contributed by atoms with Crippen molar-refractivity contribution in [2.75, 3.05) is 26.1 Å². The second-order valence-electron chi connectivity index (χ2n) is 7.50. The number of para-hydroxylation sites is 1. The molecule has 1 fully saturated rings. The van der Waals surface area contributed by atoms with Gasteiger partial charge in [-0.15, -0.1) is 0 Å². The van der Waals surface area contributed by atoms with Gasteiger partial charge in [0.25, 0.3) is 0 Å². The molecular weight excluding hydrogens is 451 g/mol. The molecule has 33 heavy (non-hydrogen) atoms. The summed E-state index contributed by atoms with van der Waals surface area (Å²) in [6.07, 6.45) is 3.23. The molecule has 3 aromatic rings. The highest BCUT2D eigenvalue weighted by molar-refractivity contribution is 7.52. The maximum absolute atomic E-state index is 13.4. The molecule has 4 rings (SSSR count). The quantitative estimate of drug-likeness (QED) is 0.345. The molecule has 0 spiro atoms. The highest BCUT2D eigenvalue weighted by Crippen LogP contribution is 2.45. The number of aromatic nitrogens is 4. The van der Waals surface area contributed by atoms with E-state index < -0.39 is 19.8 Å². The molecule has 0 radical (unpaired) electrons. The molecule has 1 saturated heterocycles.